The van der Waals surface area contributed by atoms with Gasteiger partial charge in [-0.3, -0.25) is 0 Å². The molecular formula is C11H26N2O4S2. The second-order valence-electron chi connectivity index (χ2n) is 4.66. The summed E-state index contributed by atoms with van der Waals surface area (Å²) in [7, 11) is -6.11. The van der Waals surface area contributed by atoms with Gasteiger partial charge in [-0.2, -0.15) is 0 Å². The van der Waals surface area contributed by atoms with E-state index in [2.05, 4.69) is 5.32 Å². The topological polar surface area (TPSA) is 83.6 Å². The average Bonchev–Trinajstić information content (AvgIpc) is 2.26. The lowest BCUT2D eigenvalue weighted by Crippen LogP contribution is -2.37. The summed E-state index contributed by atoms with van der Waals surface area (Å²) in [5, 5.41) is 3.10. The van der Waals surface area contributed by atoms with Crippen LogP contribution in [0.15, 0.2) is 0 Å². The third-order valence-electron chi connectivity index (χ3n) is 2.84. The van der Waals surface area contributed by atoms with Crippen LogP contribution in [-0.4, -0.2) is 64.6 Å². The molecule has 1 N–H and O–H groups in total. The van der Waals surface area contributed by atoms with Crippen LogP contribution in [0.5, 0.6) is 0 Å². The van der Waals surface area contributed by atoms with Gasteiger partial charge in [-0.1, -0.05) is 13.8 Å². The van der Waals surface area contributed by atoms with Crippen LogP contribution in [0.1, 0.15) is 27.2 Å². The van der Waals surface area contributed by atoms with E-state index in [-0.39, 0.29) is 17.5 Å². The van der Waals surface area contributed by atoms with Gasteiger partial charge < -0.3 is 5.32 Å². The largest absolute Gasteiger partial charge is 0.313 e. The summed E-state index contributed by atoms with van der Waals surface area (Å²) in [4.78, 5) is 0. The fourth-order valence-corrected chi connectivity index (χ4v) is 3.77. The lowest BCUT2D eigenvalue weighted by Gasteiger charge is -2.19. The number of rotatable bonds is 10. The second-order valence-corrected chi connectivity index (χ2v) is 9.04. The molecule has 0 aromatic carbocycles. The molecule has 0 fully saturated rings. The summed E-state index contributed by atoms with van der Waals surface area (Å²) >= 11 is 0. The third-order valence-corrected chi connectivity index (χ3v) is 6.11. The monoisotopic (exact) mass is 314 g/mol. The van der Waals surface area contributed by atoms with Crippen molar-refractivity contribution in [2.75, 3.05) is 37.4 Å². The van der Waals surface area contributed by atoms with Gasteiger partial charge in [0, 0.05) is 24.9 Å². The lowest BCUT2D eigenvalue weighted by atomic mass is 10.3. The highest BCUT2D eigenvalue weighted by atomic mass is 32.2. The van der Waals surface area contributed by atoms with E-state index in [1.807, 2.05) is 6.92 Å². The zero-order valence-electron chi connectivity index (χ0n) is 12.2. The molecule has 19 heavy (non-hydrogen) atoms. The number of nitrogens with zero attached hydrogens (tertiary/aromatic N) is 1. The molecule has 1 atom stereocenters. The summed E-state index contributed by atoms with van der Waals surface area (Å²) in [6.07, 6.45) is 1.86. The third kappa shape index (κ3) is 8.56. The average molecular weight is 314 g/mol. The zero-order chi connectivity index (χ0) is 15.1. The molecule has 0 amide bonds. The van der Waals surface area contributed by atoms with Gasteiger partial charge >= 0.3 is 0 Å². The lowest BCUT2D eigenvalue weighted by molar-refractivity contribution is 0.415. The molecule has 0 saturated carbocycles. The molecule has 0 heterocycles. The number of sulfone groups is 1. The van der Waals surface area contributed by atoms with Crippen LogP contribution in [0.4, 0.5) is 0 Å². The molecule has 0 spiro atoms. The maximum atomic E-state index is 11.4. The van der Waals surface area contributed by atoms with Crippen LogP contribution >= 0.6 is 0 Å². The first-order valence-electron chi connectivity index (χ1n) is 6.51. The maximum absolute atomic E-state index is 11.4. The zero-order valence-corrected chi connectivity index (χ0v) is 13.8. The molecule has 0 bridgehead atoms. The van der Waals surface area contributed by atoms with Crippen molar-refractivity contribution in [2.24, 2.45) is 0 Å². The van der Waals surface area contributed by atoms with Crippen LogP contribution in [0.2, 0.25) is 0 Å². The van der Waals surface area contributed by atoms with Gasteiger partial charge in [-0.15, -0.1) is 0 Å². The molecule has 1 unspecified atom stereocenters. The molecule has 0 aliphatic heterocycles. The molecule has 0 aliphatic carbocycles. The van der Waals surface area contributed by atoms with Crippen LogP contribution in [0.25, 0.3) is 0 Å². The fourth-order valence-electron chi connectivity index (χ4n) is 1.72. The highest BCUT2D eigenvalue weighted by Gasteiger charge is 2.15. The maximum Gasteiger partial charge on any atom is 0.211 e. The first-order valence-corrected chi connectivity index (χ1v) is 10.2. The molecule has 0 rings (SSSR count). The van der Waals surface area contributed by atoms with Crippen molar-refractivity contribution in [3.8, 4) is 0 Å². The number of nitrogens with one attached hydrogen (secondary N) is 1. The van der Waals surface area contributed by atoms with Gasteiger partial charge in [-0.05, 0) is 19.9 Å². The Kier molecular flexibility index (Phi) is 8.11. The molecule has 0 radical (unpaired) electrons. The van der Waals surface area contributed by atoms with Crippen LogP contribution < -0.4 is 5.32 Å². The first kappa shape index (κ1) is 18.8. The minimum absolute atomic E-state index is 0.113. The smallest absolute Gasteiger partial charge is 0.211 e. The van der Waals surface area contributed by atoms with Crippen molar-refractivity contribution in [2.45, 2.75) is 33.2 Å². The van der Waals surface area contributed by atoms with E-state index in [4.69, 9.17) is 0 Å². The van der Waals surface area contributed by atoms with Gasteiger partial charge in [0.25, 0.3) is 0 Å². The highest BCUT2D eigenvalue weighted by Crippen LogP contribution is 1.99. The molecule has 0 aliphatic rings. The Balaban J connectivity index is 3.99. The summed E-state index contributed by atoms with van der Waals surface area (Å²) in [5.41, 5.74) is 0. The number of hydrogen-bond acceptors (Lipinski definition) is 5. The van der Waals surface area contributed by atoms with Gasteiger partial charge in [-0.25, -0.2) is 21.1 Å². The fraction of sp³-hybridized carbons (Fsp3) is 1.00. The van der Waals surface area contributed by atoms with Crippen molar-refractivity contribution < 1.29 is 16.8 Å². The number of hydrogen-bond donors (Lipinski definition) is 1. The minimum atomic E-state index is -3.14. The van der Waals surface area contributed by atoms with Gasteiger partial charge in [0.1, 0.15) is 0 Å². The Hall–Kier alpha value is -0.180. The highest BCUT2D eigenvalue weighted by molar-refractivity contribution is 7.91. The Bertz CT molecular complexity index is 445. The van der Waals surface area contributed by atoms with E-state index in [1.54, 1.807) is 13.8 Å². The summed E-state index contributed by atoms with van der Waals surface area (Å²) < 4.78 is 46.9. The van der Waals surface area contributed by atoms with E-state index in [0.29, 0.717) is 26.1 Å². The van der Waals surface area contributed by atoms with Gasteiger partial charge in [0.05, 0.1) is 12.0 Å². The predicted molar refractivity (Wildman–Crippen MR) is 78.5 cm³/mol. The van der Waals surface area contributed by atoms with Crippen molar-refractivity contribution in [1.29, 1.82) is 0 Å². The van der Waals surface area contributed by atoms with Crippen molar-refractivity contribution in [3.63, 3.8) is 0 Å². The normalized spacial score (nSPS) is 14.8. The van der Waals surface area contributed by atoms with Crippen molar-refractivity contribution in [3.05, 3.63) is 0 Å². The Morgan fingerprint density at radius 1 is 1.16 bits per heavy atom. The standard InChI is InChI=1S/C11H26N2O4S2/c1-5-13(18(4,14)15)9-7-8-12-11(3)10-19(16,17)6-2/h11-12H,5-10H2,1-4H3. The van der Waals surface area contributed by atoms with E-state index >= 15 is 0 Å². The molecule has 0 saturated heterocycles. The van der Waals surface area contributed by atoms with Crippen molar-refractivity contribution >= 4 is 19.9 Å². The summed E-state index contributed by atoms with van der Waals surface area (Å²) in [5.74, 6) is 0.268. The Morgan fingerprint density at radius 2 is 1.74 bits per heavy atom. The summed E-state index contributed by atoms with van der Waals surface area (Å²) in [6, 6.07) is -0.113. The first-order chi connectivity index (χ1) is 8.62. The van der Waals surface area contributed by atoms with Crippen LogP contribution in [-0.2, 0) is 19.9 Å². The molecule has 0 aromatic rings. The van der Waals surface area contributed by atoms with Crippen LogP contribution in [0.3, 0.4) is 0 Å². The van der Waals surface area contributed by atoms with Gasteiger partial charge in [0.2, 0.25) is 10.0 Å². The predicted octanol–water partition coefficient (Wildman–Crippen LogP) is 0.0708. The Labute approximate surface area is 117 Å². The minimum Gasteiger partial charge on any atom is -0.313 e. The van der Waals surface area contributed by atoms with Crippen molar-refractivity contribution in [1.82, 2.24) is 9.62 Å². The van der Waals surface area contributed by atoms with Crippen LogP contribution in [0, 0.1) is 0 Å². The van der Waals surface area contributed by atoms with E-state index in [0.717, 1.165) is 0 Å². The van der Waals surface area contributed by atoms with E-state index < -0.39 is 19.9 Å². The quantitative estimate of drug-likeness (QED) is 0.577. The molecular weight excluding hydrogens is 288 g/mol. The van der Waals surface area contributed by atoms with E-state index in [1.165, 1.54) is 10.6 Å². The second kappa shape index (κ2) is 8.18. The molecule has 0 aromatic heterocycles. The SMILES string of the molecule is CCN(CCCNC(C)CS(=O)(=O)CC)S(C)(=O)=O. The Morgan fingerprint density at radius 3 is 2.16 bits per heavy atom. The molecule has 8 heteroatoms. The number of sulfonamides is 1. The molecule has 116 valence electrons. The summed E-state index contributed by atoms with van der Waals surface area (Å²) in [6.45, 7) is 6.76. The van der Waals surface area contributed by atoms with Gasteiger partial charge in [0.15, 0.2) is 9.84 Å². The molecule has 6 nitrogen and oxygen atoms in total. The van der Waals surface area contributed by atoms with E-state index in [9.17, 15) is 16.8 Å².